The van der Waals surface area contributed by atoms with Crippen LogP contribution in [-0.2, 0) is 32.1 Å². The van der Waals surface area contributed by atoms with Gasteiger partial charge in [0.2, 0.25) is 5.91 Å². The summed E-state index contributed by atoms with van der Waals surface area (Å²) in [4.78, 5) is 28.2. The van der Waals surface area contributed by atoms with Gasteiger partial charge in [0.05, 0.1) is 18.6 Å². The lowest BCUT2D eigenvalue weighted by Crippen LogP contribution is -2.40. The number of nitrogens with zero attached hydrogens (tertiary/aromatic N) is 1. The third-order valence-corrected chi connectivity index (χ3v) is 6.26. The molecule has 2 bridgehead atoms. The van der Waals surface area contributed by atoms with E-state index in [1.807, 2.05) is 66.7 Å². The Morgan fingerprint density at radius 3 is 2.72 bits per heavy atom. The average molecular weight is 389 g/mol. The quantitative estimate of drug-likeness (QED) is 0.582. The van der Waals surface area contributed by atoms with Crippen LogP contribution in [0.15, 0.2) is 66.7 Å². The summed E-state index contributed by atoms with van der Waals surface area (Å²) in [6.45, 7) is 2.70. The van der Waals surface area contributed by atoms with Crippen LogP contribution in [0.3, 0.4) is 0 Å². The van der Waals surface area contributed by atoms with E-state index in [0.717, 1.165) is 23.2 Å². The molecule has 0 saturated carbocycles. The summed E-state index contributed by atoms with van der Waals surface area (Å²) in [6.07, 6.45) is 4.32. The first-order valence-electron chi connectivity index (χ1n) is 10.1. The van der Waals surface area contributed by atoms with Gasteiger partial charge in [0.15, 0.2) is 0 Å². The van der Waals surface area contributed by atoms with Crippen molar-refractivity contribution in [1.29, 1.82) is 0 Å². The normalized spacial score (nSPS) is 29.3. The standard InChI is InChI=1S/C24H23NO4/c1-2-17-10-6-7-11-18(17)25-15-24-13-12-19(29-24)20(21(24)22(25)26)23(27)28-14-16-8-4-3-5-9-16/h3-13,19-21H,2,14-15H2,1H3/t19-,20-,21-,24-/m1/s1. The molecule has 4 atom stereocenters. The minimum Gasteiger partial charge on any atom is -0.460 e. The Morgan fingerprint density at radius 2 is 1.93 bits per heavy atom. The topological polar surface area (TPSA) is 55.8 Å². The third-order valence-electron chi connectivity index (χ3n) is 6.26. The van der Waals surface area contributed by atoms with Gasteiger partial charge in [-0.3, -0.25) is 9.59 Å². The molecule has 5 heteroatoms. The third kappa shape index (κ3) is 2.80. The van der Waals surface area contributed by atoms with Crippen LogP contribution in [0.1, 0.15) is 18.1 Å². The van der Waals surface area contributed by atoms with E-state index in [-0.39, 0.29) is 18.5 Å². The maximum atomic E-state index is 13.4. The van der Waals surface area contributed by atoms with Gasteiger partial charge in [0.1, 0.15) is 18.1 Å². The summed E-state index contributed by atoms with van der Waals surface area (Å²) < 4.78 is 11.8. The summed E-state index contributed by atoms with van der Waals surface area (Å²) in [6, 6.07) is 17.5. The second-order valence-electron chi connectivity index (χ2n) is 7.90. The van der Waals surface area contributed by atoms with Crippen molar-refractivity contribution in [1.82, 2.24) is 0 Å². The highest BCUT2D eigenvalue weighted by Gasteiger charge is 2.67. The molecule has 2 aromatic rings. The lowest BCUT2D eigenvalue weighted by molar-refractivity contribution is -0.153. The van der Waals surface area contributed by atoms with E-state index in [0.29, 0.717) is 6.54 Å². The molecule has 1 amide bonds. The first-order valence-corrected chi connectivity index (χ1v) is 10.1. The zero-order valence-corrected chi connectivity index (χ0v) is 16.3. The van der Waals surface area contributed by atoms with Gasteiger partial charge in [-0.15, -0.1) is 0 Å². The van der Waals surface area contributed by atoms with Crippen LogP contribution in [0.25, 0.3) is 0 Å². The summed E-state index contributed by atoms with van der Waals surface area (Å²) in [5, 5.41) is 0. The van der Waals surface area contributed by atoms with Gasteiger partial charge in [0.25, 0.3) is 0 Å². The first kappa shape index (κ1) is 18.1. The summed E-state index contributed by atoms with van der Waals surface area (Å²) in [5.41, 5.74) is 2.20. The van der Waals surface area contributed by atoms with Gasteiger partial charge in [-0.05, 0) is 23.6 Å². The zero-order chi connectivity index (χ0) is 20.0. The number of anilines is 1. The lowest BCUT2D eigenvalue weighted by Gasteiger charge is -2.23. The van der Waals surface area contributed by atoms with Crippen molar-refractivity contribution in [2.75, 3.05) is 11.4 Å². The Labute approximate surface area is 169 Å². The Bertz CT molecular complexity index is 985. The highest BCUT2D eigenvalue weighted by Crippen LogP contribution is 2.53. The lowest BCUT2D eigenvalue weighted by atomic mass is 9.77. The largest absolute Gasteiger partial charge is 0.460 e. The van der Waals surface area contributed by atoms with Crippen molar-refractivity contribution >= 4 is 17.6 Å². The van der Waals surface area contributed by atoms with Gasteiger partial charge in [-0.25, -0.2) is 0 Å². The molecule has 2 fully saturated rings. The number of carbonyl (C=O) groups excluding carboxylic acids is 2. The Balaban J connectivity index is 1.40. The molecule has 2 saturated heterocycles. The highest BCUT2D eigenvalue weighted by molar-refractivity contribution is 6.03. The molecular weight excluding hydrogens is 366 g/mol. The number of amides is 1. The SMILES string of the molecule is CCc1ccccc1N1C[C@@]23C=C[C@@H](O2)[C@@H](C(=O)OCc2ccccc2)[C@@H]3C1=O. The van der Waals surface area contributed by atoms with Crippen LogP contribution in [0, 0.1) is 11.8 Å². The minimum atomic E-state index is -0.737. The number of fused-ring (bicyclic) bond motifs is 1. The first-order chi connectivity index (χ1) is 14.1. The van der Waals surface area contributed by atoms with E-state index in [2.05, 4.69) is 6.92 Å². The fourth-order valence-electron chi connectivity index (χ4n) is 4.87. The number of benzene rings is 2. The molecule has 0 aromatic heterocycles. The van der Waals surface area contributed by atoms with E-state index in [1.165, 1.54) is 0 Å². The van der Waals surface area contributed by atoms with E-state index < -0.39 is 23.5 Å². The Morgan fingerprint density at radius 1 is 1.17 bits per heavy atom. The molecule has 3 aliphatic heterocycles. The fraction of sp³-hybridized carbons (Fsp3) is 0.333. The molecular formula is C24H23NO4. The van der Waals surface area contributed by atoms with E-state index in [4.69, 9.17) is 9.47 Å². The summed E-state index contributed by atoms with van der Waals surface area (Å²) in [7, 11) is 0. The summed E-state index contributed by atoms with van der Waals surface area (Å²) in [5.74, 6) is -1.56. The molecule has 148 valence electrons. The molecule has 0 radical (unpaired) electrons. The average Bonchev–Trinajstić information content (AvgIpc) is 3.41. The van der Waals surface area contributed by atoms with Gasteiger partial charge in [-0.1, -0.05) is 67.6 Å². The molecule has 3 heterocycles. The zero-order valence-electron chi connectivity index (χ0n) is 16.3. The summed E-state index contributed by atoms with van der Waals surface area (Å²) >= 11 is 0. The number of rotatable bonds is 5. The van der Waals surface area contributed by atoms with Crippen molar-refractivity contribution in [3.05, 3.63) is 77.9 Å². The number of aryl methyl sites for hydroxylation is 1. The van der Waals surface area contributed by atoms with Crippen molar-refractivity contribution in [2.45, 2.75) is 31.7 Å². The van der Waals surface area contributed by atoms with Crippen LogP contribution in [0.5, 0.6) is 0 Å². The predicted octanol–water partition coefficient (Wildman–Crippen LogP) is 3.28. The molecule has 1 spiro atoms. The molecule has 2 aromatic carbocycles. The van der Waals surface area contributed by atoms with E-state index >= 15 is 0 Å². The fourth-order valence-corrected chi connectivity index (χ4v) is 4.87. The van der Waals surface area contributed by atoms with E-state index in [9.17, 15) is 9.59 Å². The van der Waals surface area contributed by atoms with Gasteiger partial charge in [-0.2, -0.15) is 0 Å². The maximum Gasteiger partial charge on any atom is 0.313 e. The molecule has 0 N–H and O–H groups in total. The van der Waals surface area contributed by atoms with Crippen LogP contribution in [-0.4, -0.2) is 30.1 Å². The van der Waals surface area contributed by atoms with Crippen molar-refractivity contribution in [2.24, 2.45) is 11.8 Å². The number of esters is 1. The van der Waals surface area contributed by atoms with E-state index in [1.54, 1.807) is 4.90 Å². The molecule has 3 aliphatic rings. The van der Waals surface area contributed by atoms with Crippen LogP contribution in [0.2, 0.25) is 0 Å². The maximum absolute atomic E-state index is 13.4. The molecule has 5 rings (SSSR count). The van der Waals surface area contributed by atoms with Gasteiger partial charge in [0, 0.05) is 5.69 Å². The molecule has 0 unspecified atom stereocenters. The Kier molecular flexibility index (Phi) is 4.28. The van der Waals surface area contributed by atoms with Gasteiger partial charge >= 0.3 is 5.97 Å². The van der Waals surface area contributed by atoms with Crippen LogP contribution >= 0.6 is 0 Å². The predicted molar refractivity (Wildman–Crippen MR) is 108 cm³/mol. The van der Waals surface area contributed by atoms with Crippen molar-refractivity contribution in [3.63, 3.8) is 0 Å². The van der Waals surface area contributed by atoms with Gasteiger partial charge < -0.3 is 14.4 Å². The minimum absolute atomic E-state index is 0.0561. The smallest absolute Gasteiger partial charge is 0.313 e. The van der Waals surface area contributed by atoms with Crippen LogP contribution < -0.4 is 4.90 Å². The molecule has 29 heavy (non-hydrogen) atoms. The van der Waals surface area contributed by atoms with Crippen molar-refractivity contribution < 1.29 is 19.1 Å². The van der Waals surface area contributed by atoms with Crippen molar-refractivity contribution in [3.8, 4) is 0 Å². The molecule has 0 aliphatic carbocycles. The second-order valence-corrected chi connectivity index (χ2v) is 7.90. The molecule has 5 nitrogen and oxygen atoms in total. The number of hydrogen-bond donors (Lipinski definition) is 0. The Hall–Kier alpha value is -2.92. The van der Waals surface area contributed by atoms with Crippen LogP contribution in [0.4, 0.5) is 5.69 Å². The second kappa shape index (κ2) is 6.85. The highest BCUT2D eigenvalue weighted by atomic mass is 16.6. The number of carbonyl (C=O) groups is 2. The number of para-hydroxylation sites is 1. The number of hydrogen-bond acceptors (Lipinski definition) is 4. The number of ether oxygens (including phenoxy) is 2. The monoisotopic (exact) mass is 389 g/mol.